The van der Waals surface area contributed by atoms with Crippen molar-refractivity contribution in [2.24, 2.45) is 0 Å². The summed E-state index contributed by atoms with van der Waals surface area (Å²) in [6.07, 6.45) is 1.34. The van der Waals surface area contributed by atoms with Crippen LogP contribution < -0.4 is 0 Å². The molecule has 72 valence electrons. The monoisotopic (exact) mass is 173 g/mol. The second-order valence-electron chi connectivity index (χ2n) is 3.04. The molecule has 0 saturated heterocycles. The molecule has 0 saturated carbocycles. The summed E-state index contributed by atoms with van der Waals surface area (Å²) >= 11 is 0. The van der Waals surface area contributed by atoms with Crippen molar-refractivity contribution in [2.75, 3.05) is 6.54 Å². The fraction of sp³-hybridized carbons (Fsp3) is 0.889. The lowest BCUT2D eigenvalue weighted by molar-refractivity contribution is -0.198. The van der Waals surface area contributed by atoms with Crippen molar-refractivity contribution in [1.82, 2.24) is 5.06 Å². The molecule has 0 fully saturated rings. The molecule has 0 amide bonds. The minimum atomic E-state index is -0.131. The van der Waals surface area contributed by atoms with Crippen LogP contribution in [-0.2, 0) is 9.63 Å². The molecule has 0 aliphatic carbocycles. The van der Waals surface area contributed by atoms with Crippen LogP contribution in [0.1, 0.15) is 40.5 Å². The van der Waals surface area contributed by atoms with E-state index in [1.165, 1.54) is 0 Å². The molecule has 0 aromatic rings. The topological polar surface area (TPSA) is 29.5 Å². The van der Waals surface area contributed by atoms with Gasteiger partial charge in [0.25, 0.3) is 0 Å². The van der Waals surface area contributed by atoms with E-state index in [0.29, 0.717) is 6.42 Å². The maximum Gasteiger partial charge on any atom is 0.325 e. The molecule has 0 aromatic carbocycles. The number of nitrogens with zero attached hydrogens (tertiary/aromatic N) is 1. The van der Waals surface area contributed by atoms with Crippen molar-refractivity contribution in [1.29, 1.82) is 0 Å². The lowest BCUT2D eigenvalue weighted by Crippen LogP contribution is -2.33. The first kappa shape index (κ1) is 11.4. The largest absolute Gasteiger partial charge is 0.368 e. The predicted molar refractivity (Wildman–Crippen MR) is 48.5 cm³/mol. The lowest BCUT2D eigenvalue weighted by Gasteiger charge is -2.22. The summed E-state index contributed by atoms with van der Waals surface area (Å²) in [5.74, 6) is -0.131. The fourth-order valence-corrected chi connectivity index (χ4v) is 0.916. The van der Waals surface area contributed by atoms with Gasteiger partial charge in [-0.05, 0) is 27.2 Å². The Morgan fingerprint density at radius 3 is 2.33 bits per heavy atom. The molecule has 0 radical (unpaired) electrons. The number of hydrogen-bond donors (Lipinski definition) is 0. The van der Waals surface area contributed by atoms with Gasteiger partial charge in [0, 0.05) is 19.0 Å². The Kier molecular flexibility index (Phi) is 5.72. The van der Waals surface area contributed by atoms with Crippen molar-refractivity contribution in [3.05, 3.63) is 0 Å². The molecule has 0 rings (SSSR count). The Morgan fingerprint density at radius 2 is 2.00 bits per heavy atom. The van der Waals surface area contributed by atoms with Gasteiger partial charge in [-0.3, -0.25) is 4.79 Å². The van der Waals surface area contributed by atoms with Crippen LogP contribution in [0.5, 0.6) is 0 Å². The summed E-state index contributed by atoms with van der Waals surface area (Å²) in [5.41, 5.74) is 0. The van der Waals surface area contributed by atoms with Gasteiger partial charge in [-0.1, -0.05) is 6.92 Å². The van der Waals surface area contributed by atoms with Crippen LogP contribution in [0.3, 0.4) is 0 Å². The van der Waals surface area contributed by atoms with Crippen LogP contribution in [-0.4, -0.2) is 23.6 Å². The van der Waals surface area contributed by atoms with E-state index in [0.717, 1.165) is 13.0 Å². The zero-order valence-corrected chi connectivity index (χ0v) is 8.46. The van der Waals surface area contributed by atoms with E-state index in [-0.39, 0.29) is 12.0 Å². The van der Waals surface area contributed by atoms with Gasteiger partial charge in [0.2, 0.25) is 0 Å². The zero-order chi connectivity index (χ0) is 9.56. The number of rotatable bonds is 5. The summed E-state index contributed by atoms with van der Waals surface area (Å²) < 4.78 is 0. The van der Waals surface area contributed by atoms with Crippen molar-refractivity contribution >= 4 is 5.97 Å². The zero-order valence-electron chi connectivity index (χ0n) is 8.46. The van der Waals surface area contributed by atoms with Gasteiger partial charge < -0.3 is 4.84 Å². The molecule has 0 heterocycles. The Bertz CT molecular complexity index is 134. The Hall–Kier alpha value is -0.570. The average Bonchev–Trinajstić information content (AvgIpc) is 2.00. The van der Waals surface area contributed by atoms with Crippen molar-refractivity contribution in [3.63, 3.8) is 0 Å². The average molecular weight is 173 g/mol. The van der Waals surface area contributed by atoms with E-state index >= 15 is 0 Å². The number of hydroxylamine groups is 2. The van der Waals surface area contributed by atoms with Gasteiger partial charge in [0.15, 0.2) is 0 Å². The van der Waals surface area contributed by atoms with Crippen LogP contribution in [0, 0.1) is 0 Å². The Labute approximate surface area is 74.6 Å². The van der Waals surface area contributed by atoms with Crippen LogP contribution in [0.15, 0.2) is 0 Å². The first-order valence-corrected chi connectivity index (χ1v) is 4.59. The van der Waals surface area contributed by atoms with Crippen molar-refractivity contribution in [3.8, 4) is 0 Å². The summed E-state index contributed by atoms with van der Waals surface area (Å²) in [5, 5.41) is 1.69. The van der Waals surface area contributed by atoms with Gasteiger partial charge in [0.05, 0.1) is 0 Å². The molecule has 0 spiro atoms. The Morgan fingerprint density at radius 1 is 1.42 bits per heavy atom. The third-order valence-electron chi connectivity index (χ3n) is 1.56. The smallest absolute Gasteiger partial charge is 0.325 e. The molecule has 0 aliphatic rings. The van der Waals surface area contributed by atoms with Crippen molar-refractivity contribution in [2.45, 2.75) is 46.6 Å². The highest BCUT2D eigenvalue weighted by Gasteiger charge is 2.11. The second kappa shape index (κ2) is 6.00. The summed E-state index contributed by atoms with van der Waals surface area (Å²) in [4.78, 5) is 16.1. The Balaban J connectivity index is 3.77. The molecule has 3 nitrogen and oxygen atoms in total. The van der Waals surface area contributed by atoms with Crippen LogP contribution in [0.2, 0.25) is 0 Å². The first-order chi connectivity index (χ1) is 5.61. The normalized spacial score (nSPS) is 10.8. The molecule has 0 aromatic heterocycles. The van der Waals surface area contributed by atoms with Gasteiger partial charge in [-0.15, -0.1) is 5.06 Å². The fourth-order valence-electron chi connectivity index (χ4n) is 0.916. The molecule has 0 N–H and O–H groups in total. The van der Waals surface area contributed by atoms with E-state index in [2.05, 4.69) is 0 Å². The molecular weight excluding hydrogens is 154 g/mol. The first-order valence-electron chi connectivity index (χ1n) is 4.59. The highest BCUT2D eigenvalue weighted by atomic mass is 16.7. The standard InChI is InChI=1S/C9H19NO2/c1-5-7-9(11)12-10(6-2)8(3)4/h8H,5-7H2,1-4H3. The minimum absolute atomic E-state index is 0.131. The number of hydrogen-bond acceptors (Lipinski definition) is 3. The maximum absolute atomic E-state index is 11.1. The molecule has 3 heteroatoms. The van der Waals surface area contributed by atoms with Gasteiger partial charge in [0.1, 0.15) is 0 Å². The maximum atomic E-state index is 11.1. The predicted octanol–water partition coefficient (Wildman–Crippen LogP) is 1.98. The number of carbonyl (C=O) groups excluding carboxylic acids is 1. The third-order valence-corrected chi connectivity index (χ3v) is 1.56. The molecule has 0 aliphatic heterocycles. The van der Waals surface area contributed by atoms with Crippen LogP contribution in [0.25, 0.3) is 0 Å². The SMILES string of the molecule is CCCC(=O)ON(CC)C(C)C. The summed E-state index contributed by atoms with van der Waals surface area (Å²) in [6, 6.07) is 0.260. The molecular formula is C9H19NO2. The molecule has 12 heavy (non-hydrogen) atoms. The van der Waals surface area contributed by atoms with Gasteiger partial charge in [-0.25, -0.2) is 0 Å². The second-order valence-corrected chi connectivity index (χ2v) is 3.04. The van der Waals surface area contributed by atoms with E-state index in [4.69, 9.17) is 4.84 Å². The van der Waals surface area contributed by atoms with Crippen molar-refractivity contribution < 1.29 is 9.63 Å². The van der Waals surface area contributed by atoms with Crippen LogP contribution >= 0.6 is 0 Å². The molecule has 0 bridgehead atoms. The number of carbonyl (C=O) groups is 1. The lowest BCUT2D eigenvalue weighted by atomic mass is 10.3. The minimum Gasteiger partial charge on any atom is -0.368 e. The quantitative estimate of drug-likeness (QED) is 0.595. The van der Waals surface area contributed by atoms with Crippen LogP contribution in [0.4, 0.5) is 0 Å². The molecule has 0 unspecified atom stereocenters. The van der Waals surface area contributed by atoms with E-state index in [1.807, 2.05) is 27.7 Å². The van der Waals surface area contributed by atoms with E-state index in [9.17, 15) is 4.79 Å². The van der Waals surface area contributed by atoms with Gasteiger partial charge >= 0.3 is 5.97 Å². The highest BCUT2D eigenvalue weighted by Crippen LogP contribution is 2.01. The highest BCUT2D eigenvalue weighted by molar-refractivity contribution is 5.68. The third kappa shape index (κ3) is 4.34. The molecule has 0 atom stereocenters. The van der Waals surface area contributed by atoms with E-state index < -0.39 is 0 Å². The summed E-state index contributed by atoms with van der Waals surface area (Å²) in [7, 11) is 0. The van der Waals surface area contributed by atoms with Gasteiger partial charge in [-0.2, -0.15) is 0 Å². The summed E-state index contributed by atoms with van der Waals surface area (Å²) in [6.45, 7) is 8.69. The van der Waals surface area contributed by atoms with E-state index in [1.54, 1.807) is 5.06 Å².